The van der Waals surface area contributed by atoms with E-state index in [1.54, 1.807) is 31.5 Å². The fraction of sp³-hybridized carbons (Fsp3) is 0.250. The Kier molecular flexibility index (Phi) is 3.27. The molecule has 0 spiro atoms. The molecule has 2 rings (SSSR count). The lowest BCUT2D eigenvalue weighted by molar-refractivity contribution is -0.139. The smallest absolute Gasteiger partial charge is 0.304 e. The lowest BCUT2D eigenvalue weighted by Crippen LogP contribution is -2.22. The molecule has 1 aromatic carbocycles. The Balaban J connectivity index is 2.08. The van der Waals surface area contributed by atoms with Crippen LogP contribution in [0.2, 0.25) is 0 Å². The number of amides is 1. The SMILES string of the molecule is CC(CC(=O)O)C(=O)Nc1ccc2nc[nH]c2c1. The number of aliphatic carboxylic acids is 1. The van der Waals surface area contributed by atoms with Gasteiger partial charge in [-0.15, -0.1) is 0 Å². The molecule has 3 N–H and O–H groups in total. The van der Waals surface area contributed by atoms with Crippen molar-refractivity contribution in [2.45, 2.75) is 13.3 Å². The lowest BCUT2D eigenvalue weighted by Gasteiger charge is -2.09. The van der Waals surface area contributed by atoms with E-state index in [4.69, 9.17) is 5.11 Å². The van der Waals surface area contributed by atoms with Gasteiger partial charge < -0.3 is 15.4 Å². The number of aromatic nitrogens is 2. The maximum Gasteiger partial charge on any atom is 0.304 e. The molecule has 6 heteroatoms. The van der Waals surface area contributed by atoms with Crippen molar-refractivity contribution in [2.24, 2.45) is 5.92 Å². The Morgan fingerprint density at radius 2 is 2.28 bits per heavy atom. The minimum absolute atomic E-state index is 0.182. The molecule has 6 nitrogen and oxygen atoms in total. The van der Waals surface area contributed by atoms with Crippen LogP contribution in [0.3, 0.4) is 0 Å². The van der Waals surface area contributed by atoms with Crippen molar-refractivity contribution in [3.63, 3.8) is 0 Å². The summed E-state index contributed by atoms with van der Waals surface area (Å²) in [6, 6.07) is 5.27. The molecule has 0 aliphatic heterocycles. The number of anilines is 1. The molecule has 94 valence electrons. The Morgan fingerprint density at radius 3 is 3.00 bits per heavy atom. The number of nitrogens with zero attached hydrogens (tertiary/aromatic N) is 1. The van der Waals surface area contributed by atoms with E-state index in [0.29, 0.717) is 5.69 Å². The van der Waals surface area contributed by atoms with Crippen molar-refractivity contribution >= 4 is 28.6 Å². The van der Waals surface area contributed by atoms with Crippen LogP contribution in [-0.4, -0.2) is 27.0 Å². The van der Waals surface area contributed by atoms with Gasteiger partial charge >= 0.3 is 5.97 Å². The van der Waals surface area contributed by atoms with Crippen molar-refractivity contribution < 1.29 is 14.7 Å². The molecule has 0 aliphatic rings. The number of imidazole rings is 1. The predicted octanol–water partition coefficient (Wildman–Crippen LogP) is 1.61. The first kappa shape index (κ1) is 12.1. The van der Waals surface area contributed by atoms with Crippen LogP contribution in [0.5, 0.6) is 0 Å². The van der Waals surface area contributed by atoms with Crippen molar-refractivity contribution in [1.29, 1.82) is 0 Å². The third kappa shape index (κ3) is 2.65. The molecule has 0 saturated carbocycles. The average molecular weight is 247 g/mol. The number of carboxylic acid groups (broad SMARTS) is 1. The highest BCUT2D eigenvalue weighted by atomic mass is 16.4. The van der Waals surface area contributed by atoms with Crippen LogP contribution in [0.1, 0.15) is 13.3 Å². The Hall–Kier alpha value is -2.37. The lowest BCUT2D eigenvalue weighted by atomic mass is 10.1. The number of rotatable bonds is 4. The van der Waals surface area contributed by atoms with Crippen LogP contribution < -0.4 is 5.32 Å². The zero-order chi connectivity index (χ0) is 13.1. The number of carbonyl (C=O) groups is 2. The number of nitrogens with one attached hydrogen (secondary N) is 2. The van der Waals surface area contributed by atoms with Gasteiger partial charge in [-0.3, -0.25) is 9.59 Å². The summed E-state index contributed by atoms with van der Waals surface area (Å²) in [6.07, 6.45) is 1.39. The molecule has 1 amide bonds. The first-order chi connectivity index (χ1) is 8.56. The monoisotopic (exact) mass is 247 g/mol. The number of aromatic amines is 1. The average Bonchev–Trinajstić information content (AvgIpc) is 2.75. The van der Waals surface area contributed by atoms with Crippen molar-refractivity contribution in [1.82, 2.24) is 9.97 Å². The summed E-state index contributed by atoms with van der Waals surface area (Å²) in [7, 11) is 0. The second-order valence-corrected chi connectivity index (χ2v) is 4.12. The van der Waals surface area contributed by atoms with Gasteiger partial charge in [0, 0.05) is 11.6 Å². The van der Waals surface area contributed by atoms with Crippen molar-refractivity contribution in [2.75, 3.05) is 5.32 Å². The number of benzene rings is 1. The minimum Gasteiger partial charge on any atom is -0.481 e. The van der Waals surface area contributed by atoms with E-state index < -0.39 is 11.9 Å². The van der Waals surface area contributed by atoms with Crippen LogP contribution in [0, 0.1) is 5.92 Å². The van der Waals surface area contributed by atoms with Gasteiger partial charge in [0.05, 0.1) is 23.8 Å². The largest absolute Gasteiger partial charge is 0.481 e. The van der Waals surface area contributed by atoms with Gasteiger partial charge in [0.1, 0.15) is 0 Å². The van der Waals surface area contributed by atoms with Gasteiger partial charge in [-0.2, -0.15) is 0 Å². The number of carboxylic acids is 1. The molecule has 0 saturated heterocycles. The summed E-state index contributed by atoms with van der Waals surface area (Å²) in [6.45, 7) is 1.58. The van der Waals surface area contributed by atoms with Gasteiger partial charge in [-0.1, -0.05) is 6.92 Å². The Morgan fingerprint density at radius 1 is 1.50 bits per heavy atom. The Labute approximate surface area is 103 Å². The van der Waals surface area contributed by atoms with Crippen LogP contribution >= 0.6 is 0 Å². The first-order valence-corrected chi connectivity index (χ1v) is 5.52. The van der Waals surface area contributed by atoms with Crippen molar-refractivity contribution in [3.05, 3.63) is 24.5 Å². The third-order valence-corrected chi connectivity index (χ3v) is 2.62. The molecule has 0 fully saturated rings. The molecule has 2 aromatic rings. The summed E-state index contributed by atoms with van der Waals surface area (Å²) in [5.74, 6) is -1.86. The number of H-pyrrole nitrogens is 1. The summed E-state index contributed by atoms with van der Waals surface area (Å²) in [4.78, 5) is 29.2. The third-order valence-electron chi connectivity index (χ3n) is 2.62. The van der Waals surface area contributed by atoms with Crippen LogP contribution in [0.4, 0.5) is 5.69 Å². The van der Waals surface area contributed by atoms with E-state index in [2.05, 4.69) is 15.3 Å². The standard InChI is InChI=1S/C12H13N3O3/c1-7(4-11(16)17)12(18)15-8-2-3-9-10(5-8)14-6-13-9/h2-3,5-7H,4H2,1H3,(H,13,14)(H,15,18)(H,16,17). The van der Waals surface area contributed by atoms with E-state index >= 15 is 0 Å². The summed E-state index contributed by atoms with van der Waals surface area (Å²) in [5, 5.41) is 11.3. The topological polar surface area (TPSA) is 95.1 Å². The molecule has 0 radical (unpaired) electrons. The molecular formula is C12H13N3O3. The molecule has 1 heterocycles. The fourth-order valence-corrected chi connectivity index (χ4v) is 1.63. The van der Waals surface area contributed by atoms with Gasteiger partial charge in [-0.05, 0) is 18.2 Å². The first-order valence-electron chi connectivity index (χ1n) is 5.52. The molecule has 1 atom stereocenters. The number of fused-ring (bicyclic) bond motifs is 1. The molecule has 18 heavy (non-hydrogen) atoms. The maximum absolute atomic E-state index is 11.7. The number of hydrogen-bond donors (Lipinski definition) is 3. The maximum atomic E-state index is 11.7. The highest BCUT2D eigenvalue weighted by Gasteiger charge is 2.16. The highest BCUT2D eigenvalue weighted by Crippen LogP contribution is 2.16. The van der Waals surface area contributed by atoms with E-state index in [-0.39, 0.29) is 12.3 Å². The molecule has 0 aliphatic carbocycles. The van der Waals surface area contributed by atoms with Crippen LogP contribution in [0.25, 0.3) is 11.0 Å². The molecular weight excluding hydrogens is 234 g/mol. The summed E-state index contributed by atoms with van der Waals surface area (Å²) in [5.41, 5.74) is 2.25. The number of carbonyl (C=O) groups excluding carboxylic acids is 1. The van der Waals surface area contributed by atoms with E-state index in [0.717, 1.165) is 11.0 Å². The highest BCUT2D eigenvalue weighted by molar-refractivity contribution is 5.95. The molecule has 0 bridgehead atoms. The Bertz CT molecular complexity index is 591. The molecule has 1 aromatic heterocycles. The quantitative estimate of drug-likeness (QED) is 0.764. The van der Waals surface area contributed by atoms with Gasteiger partial charge in [0.15, 0.2) is 0 Å². The zero-order valence-electron chi connectivity index (χ0n) is 9.80. The second-order valence-electron chi connectivity index (χ2n) is 4.12. The van der Waals surface area contributed by atoms with E-state index in [9.17, 15) is 9.59 Å². The van der Waals surface area contributed by atoms with Crippen LogP contribution in [-0.2, 0) is 9.59 Å². The van der Waals surface area contributed by atoms with Gasteiger partial charge in [0.25, 0.3) is 0 Å². The normalized spacial score (nSPS) is 12.3. The molecule has 1 unspecified atom stereocenters. The summed E-state index contributed by atoms with van der Waals surface area (Å²) < 4.78 is 0. The predicted molar refractivity (Wildman–Crippen MR) is 66.1 cm³/mol. The zero-order valence-corrected chi connectivity index (χ0v) is 9.80. The van der Waals surface area contributed by atoms with Gasteiger partial charge in [-0.25, -0.2) is 4.98 Å². The van der Waals surface area contributed by atoms with Crippen LogP contribution in [0.15, 0.2) is 24.5 Å². The van der Waals surface area contributed by atoms with E-state index in [1.807, 2.05) is 0 Å². The minimum atomic E-state index is -0.985. The fourth-order valence-electron chi connectivity index (χ4n) is 1.63. The second kappa shape index (κ2) is 4.87. The number of hydrogen-bond acceptors (Lipinski definition) is 3. The van der Waals surface area contributed by atoms with Gasteiger partial charge in [0.2, 0.25) is 5.91 Å². The van der Waals surface area contributed by atoms with Crippen molar-refractivity contribution in [3.8, 4) is 0 Å². The summed E-state index contributed by atoms with van der Waals surface area (Å²) >= 11 is 0. The van der Waals surface area contributed by atoms with E-state index in [1.165, 1.54) is 0 Å².